The van der Waals surface area contributed by atoms with Crippen molar-refractivity contribution >= 4 is 38.8 Å². The summed E-state index contributed by atoms with van der Waals surface area (Å²) in [6, 6.07) is 2.37. The molecule has 1 aromatic carbocycles. The van der Waals surface area contributed by atoms with Crippen molar-refractivity contribution in [3.05, 3.63) is 70.2 Å². The van der Waals surface area contributed by atoms with E-state index in [-0.39, 0.29) is 0 Å². The molecule has 0 radical (unpaired) electrons. The van der Waals surface area contributed by atoms with Gasteiger partial charge in [0.1, 0.15) is 0 Å². The molecular weight excluding hydrogens is 352 g/mol. The van der Waals surface area contributed by atoms with Crippen LogP contribution in [0.4, 0.5) is 0 Å². The van der Waals surface area contributed by atoms with Crippen molar-refractivity contribution in [2.24, 2.45) is 5.92 Å². The van der Waals surface area contributed by atoms with E-state index < -0.39 is 0 Å². The molecule has 3 aliphatic rings. The van der Waals surface area contributed by atoms with Crippen LogP contribution in [0.25, 0.3) is 15.7 Å². The van der Waals surface area contributed by atoms with E-state index in [0.29, 0.717) is 11.8 Å². The maximum atomic E-state index is 2.49. The highest BCUT2D eigenvalue weighted by Gasteiger charge is 2.29. The van der Waals surface area contributed by atoms with Gasteiger partial charge in [0.15, 0.2) is 0 Å². The Balaban J connectivity index is 1.77. The third kappa shape index (κ3) is 2.66. The van der Waals surface area contributed by atoms with Gasteiger partial charge in [0.05, 0.1) is 0 Å². The van der Waals surface area contributed by atoms with Gasteiger partial charge in [-0.05, 0) is 65.6 Å². The molecule has 2 heterocycles. The topological polar surface area (TPSA) is 0 Å². The summed E-state index contributed by atoms with van der Waals surface area (Å²) in [6.07, 6.45) is 17.7. The van der Waals surface area contributed by atoms with Crippen LogP contribution in [0.1, 0.15) is 49.3 Å². The van der Waals surface area contributed by atoms with Crippen molar-refractivity contribution in [3.63, 3.8) is 0 Å². The van der Waals surface area contributed by atoms with Gasteiger partial charge in [-0.25, -0.2) is 0 Å². The van der Waals surface area contributed by atoms with Gasteiger partial charge in [-0.1, -0.05) is 49.0 Å². The van der Waals surface area contributed by atoms with E-state index in [4.69, 9.17) is 0 Å². The van der Waals surface area contributed by atoms with Crippen LogP contribution in [0.15, 0.2) is 58.4 Å². The second kappa shape index (κ2) is 6.58. The molecule has 0 spiro atoms. The zero-order chi connectivity index (χ0) is 17.7. The number of fused-ring (bicyclic) bond motifs is 2. The summed E-state index contributed by atoms with van der Waals surface area (Å²) in [7, 11) is 0. The average molecular weight is 377 g/mol. The van der Waals surface area contributed by atoms with Crippen molar-refractivity contribution in [2.45, 2.75) is 43.9 Å². The molecule has 0 bridgehead atoms. The maximum Gasteiger partial charge on any atom is 0.0427 e. The molecular formula is C24H24S2. The first-order valence-electron chi connectivity index (χ1n) is 9.64. The molecule has 0 saturated heterocycles. The predicted octanol–water partition coefficient (Wildman–Crippen LogP) is 7.52. The minimum Gasteiger partial charge on any atom is -0.143 e. The minimum absolute atomic E-state index is 0.528. The lowest BCUT2D eigenvalue weighted by Gasteiger charge is -2.24. The van der Waals surface area contributed by atoms with Gasteiger partial charge in [-0.3, -0.25) is 0 Å². The first kappa shape index (κ1) is 16.6. The van der Waals surface area contributed by atoms with Crippen LogP contribution >= 0.6 is 23.1 Å². The fourth-order valence-corrected chi connectivity index (χ4v) is 6.93. The zero-order valence-corrected chi connectivity index (χ0v) is 17.1. The monoisotopic (exact) mass is 376 g/mol. The highest BCUT2D eigenvalue weighted by molar-refractivity contribution is 7.99. The van der Waals surface area contributed by atoms with Crippen molar-refractivity contribution in [1.82, 2.24) is 0 Å². The summed E-state index contributed by atoms with van der Waals surface area (Å²) in [5.41, 5.74) is 7.70. The number of allylic oxidation sites excluding steroid dienone is 8. The largest absolute Gasteiger partial charge is 0.143 e. The number of hydrogen-bond donors (Lipinski definition) is 0. The predicted molar refractivity (Wildman–Crippen MR) is 117 cm³/mol. The molecule has 2 aliphatic carbocycles. The summed E-state index contributed by atoms with van der Waals surface area (Å²) in [6.45, 7) is 4.60. The van der Waals surface area contributed by atoms with Crippen molar-refractivity contribution in [3.8, 4) is 0 Å². The van der Waals surface area contributed by atoms with Crippen molar-refractivity contribution in [2.75, 3.05) is 5.75 Å². The Bertz CT molecular complexity index is 997. The standard InChI is InChI=1S/C24H24S2/c1-15-5-3-7-17(13-15)21-19-9-11-26-24(19)22(20-10-12-25-23(20)21)18-8-4-6-16(2)14-18/h3-5,7-9,11,14,16-17H,6,10,12-13H2,1-2H3. The number of thiophene rings is 1. The second-order valence-corrected chi connectivity index (χ2v) is 9.83. The second-order valence-electron chi connectivity index (χ2n) is 7.80. The zero-order valence-electron chi connectivity index (χ0n) is 15.4. The molecule has 0 saturated carbocycles. The summed E-state index contributed by atoms with van der Waals surface area (Å²) in [5.74, 6) is 2.40. The Morgan fingerprint density at radius 3 is 3.00 bits per heavy atom. The van der Waals surface area contributed by atoms with Gasteiger partial charge in [0.2, 0.25) is 0 Å². The van der Waals surface area contributed by atoms with Gasteiger partial charge in [-0.15, -0.1) is 23.1 Å². The maximum absolute atomic E-state index is 2.49. The minimum atomic E-state index is 0.528. The number of rotatable bonds is 2. The summed E-state index contributed by atoms with van der Waals surface area (Å²) >= 11 is 4.02. The van der Waals surface area contributed by atoms with E-state index in [1.54, 1.807) is 16.0 Å². The van der Waals surface area contributed by atoms with Crippen LogP contribution in [0.3, 0.4) is 0 Å². The average Bonchev–Trinajstić information content (AvgIpc) is 3.28. The number of hydrogen-bond acceptors (Lipinski definition) is 2. The first-order chi connectivity index (χ1) is 12.7. The fourth-order valence-electron chi connectivity index (χ4n) is 4.62. The van der Waals surface area contributed by atoms with E-state index in [1.807, 2.05) is 11.3 Å². The van der Waals surface area contributed by atoms with E-state index >= 15 is 0 Å². The van der Waals surface area contributed by atoms with E-state index in [9.17, 15) is 0 Å². The van der Waals surface area contributed by atoms with Crippen LogP contribution in [0.2, 0.25) is 0 Å². The highest BCUT2D eigenvalue weighted by Crippen LogP contribution is 2.50. The number of benzene rings is 1. The van der Waals surface area contributed by atoms with Gasteiger partial charge in [0, 0.05) is 26.8 Å². The molecule has 1 aromatic heterocycles. The molecule has 2 atom stereocenters. The van der Waals surface area contributed by atoms with Crippen LogP contribution in [0, 0.1) is 5.92 Å². The van der Waals surface area contributed by atoms with Crippen LogP contribution in [-0.4, -0.2) is 5.75 Å². The van der Waals surface area contributed by atoms with E-state index in [0.717, 1.165) is 6.42 Å². The molecule has 5 rings (SSSR count). The molecule has 1 aliphatic heterocycles. The van der Waals surface area contributed by atoms with Gasteiger partial charge in [0.25, 0.3) is 0 Å². The number of thioether (sulfide) groups is 1. The van der Waals surface area contributed by atoms with Crippen molar-refractivity contribution in [1.29, 1.82) is 0 Å². The Morgan fingerprint density at radius 2 is 2.15 bits per heavy atom. The van der Waals surface area contributed by atoms with Crippen LogP contribution in [0.5, 0.6) is 0 Å². The molecule has 0 fully saturated rings. The van der Waals surface area contributed by atoms with Crippen LogP contribution < -0.4 is 0 Å². The lowest BCUT2D eigenvalue weighted by atomic mass is 9.82. The van der Waals surface area contributed by atoms with Crippen LogP contribution in [-0.2, 0) is 6.42 Å². The molecule has 0 amide bonds. The molecule has 26 heavy (non-hydrogen) atoms. The molecule has 0 nitrogen and oxygen atoms in total. The molecule has 2 aromatic rings. The molecule has 2 unspecified atom stereocenters. The highest BCUT2D eigenvalue weighted by atomic mass is 32.2. The quantitative estimate of drug-likeness (QED) is 0.522. The van der Waals surface area contributed by atoms with Crippen molar-refractivity contribution < 1.29 is 0 Å². The van der Waals surface area contributed by atoms with E-state index in [2.05, 4.69) is 73.5 Å². The summed E-state index contributed by atoms with van der Waals surface area (Å²) < 4.78 is 1.51. The Kier molecular flexibility index (Phi) is 4.21. The van der Waals surface area contributed by atoms with E-state index in [1.165, 1.54) is 45.4 Å². The molecule has 132 valence electrons. The SMILES string of the molecule is CC1=CC=CC(c2c3c(c(C4=CC(C)CC=C4)c4sccc24)CCS3)C1. The summed E-state index contributed by atoms with van der Waals surface area (Å²) in [4.78, 5) is 1.59. The lowest BCUT2D eigenvalue weighted by molar-refractivity contribution is 0.739. The van der Waals surface area contributed by atoms with Gasteiger partial charge in [-0.2, -0.15) is 0 Å². The fraction of sp³-hybridized carbons (Fsp3) is 0.333. The Hall–Kier alpha value is -1.51. The normalized spacial score (nSPS) is 24.7. The van der Waals surface area contributed by atoms with Gasteiger partial charge >= 0.3 is 0 Å². The third-order valence-electron chi connectivity index (χ3n) is 5.80. The Morgan fingerprint density at radius 1 is 1.23 bits per heavy atom. The third-order valence-corrected chi connectivity index (χ3v) is 7.89. The molecule has 0 N–H and O–H groups in total. The van der Waals surface area contributed by atoms with Gasteiger partial charge < -0.3 is 0 Å². The smallest absolute Gasteiger partial charge is 0.0427 e. The first-order valence-corrected chi connectivity index (χ1v) is 11.5. The Labute approximate surface area is 164 Å². The lowest BCUT2D eigenvalue weighted by Crippen LogP contribution is -2.05. The summed E-state index contributed by atoms with van der Waals surface area (Å²) in [5, 5.41) is 3.79. The molecule has 2 heteroatoms.